The molecule has 0 spiro atoms. The fourth-order valence-electron chi connectivity index (χ4n) is 3.32. The van der Waals surface area contributed by atoms with Crippen molar-refractivity contribution in [2.75, 3.05) is 38.1 Å². The summed E-state index contributed by atoms with van der Waals surface area (Å²) in [5.74, 6) is -0.852. The predicted octanol–water partition coefficient (Wildman–Crippen LogP) is 1.96. The maximum atomic E-state index is 13.1. The normalized spacial score (nSPS) is 17.1. The molecule has 0 aromatic heterocycles. The minimum atomic E-state index is -3.94. The number of sulfonamides is 1. The minimum absolute atomic E-state index is 0.0376. The van der Waals surface area contributed by atoms with E-state index in [4.69, 9.17) is 16.3 Å². The van der Waals surface area contributed by atoms with Gasteiger partial charge in [-0.2, -0.15) is 4.31 Å². The molecule has 2 amide bonds. The van der Waals surface area contributed by atoms with E-state index in [9.17, 15) is 22.4 Å². The number of fused-ring (bicyclic) bond motifs is 1. The molecule has 0 saturated carbocycles. The Morgan fingerprint density at radius 3 is 2.43 bits per heavy atom. The first-order valence-electron chi connectivity index (χ1n) is 9.07. The van der Waals surface area contributed by atoms with Crippen molar-refractivity contribution >= 4 is 39.1 Å². The number of nitrogens with one attached hydrogen (secondary N) is 1. The second-order valence-corrected chi connectivity index (χ2v) is 9.13. The molecule has 0 radical (unpaired) electrons. The molecular weight excluding hydrogens is 437 g/mol. The van der Waals surface area contributed by atoms with E-state index in [1.54, 1.807) is 0 Å². The standard InChI is InChI=1S/C19H17ClFN3O5S/c20-14-9-15-16(29-11-18(25)22-15)10-17(14)30(27,28)24-7-5-23(6-8-24)19(26)12-1-3-13(21)4-2-12/h1-4,9-10H,5-8,11H2,(H,22,25). The number of anilines is 1. The zero-order valence-electron chi connectivity index (χ0n) is 15.6. The SMILES string of the molecule is O=C1COc2cc(S(=O)(=O)N3CCN(C(=O)c4ccc(F)cc4)CC3)c(Cl)cc2N1. The van der Waals surface area contributed by atoms with Crippen LogP contribution < -0.4 is 10.1 Å². The fraction of sp³-hybridized carbons (Fsp3) is 0.263. The molecular formula is C19H17ClFN3O5S. The Hall–Kier alpha value is -2.69. The molecule has 1 saturated heterocycles. The smallest absolute Gasteiger partial charge is 0.262 e. The van der Waals surface area contributed by atoms with Crippen molar-refractivity contribution in [3.63, 3.8) is 0 Å². The lowest BCUT2D eigenvalue weighted by molar-refractivity contribution is -0.118. The molecule has 0 aliphatic carbocycles. The first-order valence-corrected chi connectivity index (χ1v) is 10.9. The van der Waals surface area contributed by atoms with E-state index in [-0.39, 0.29) is 60.3 Å². The Bertz CT molecular complexity index is 1120. The van der Waals surface area contributed by atoms with Gasteiger partial charge in [-0.3, -0.25) is 9.59 Å². The van der Waals surface area contributed by atoms with Crippen LogP contribution in [0.3, 0.4) is 0 Å². The van der Waals surface area contributed by atoms with Gasteiger partial charge in [-0.25, -0.2) is 12.8 Å². The molecule has 0 unspecified atom stereocenters. The lowest BCUT2D eigenvalue weighted by atomic mass is 10.2. The van der Waals surface area contributed by atoms with E-state index in [1.807, 2.05) is 0 Å². The molecule has 2 aromatic rings. The quantitative estimate of drug-likeness (QED) is 0.766. The summed E-state index contributed by atoms with van der Waals surface area (Å²) in [7, 11) is -3.94. The Morgan fingerprint density at radius 2 is 1.77 bits per heavy atom. The number of nitrogens with zero attached hydrogens (tertiary/aromatic N) is 2. The number of amides is 2. The van der Waals surface area contributed by atoms with Crippen LogP contribution in [-0.2, 0) is 14.8 Å². The molecule has 11 heteroatoms. The van der Waals surface area contributed by atoms with Crippen LogP contribution in [0, 0.1) is 5.82 Å². The van der Waals surface area contributed by atoms with Crippen molar-refractivity contribution in [1.29, 1.82) is 0 Å². The molecule has 2 aliphatic rings. The molecule has 4 rings (SSSR count). The molecule has 8 nitrogen and oxygen atoms in total. The van der Waals surface area contributed by atoms with Gasteiger partial charge in [0.25, 0.3) is 11.8 Å². The van der Waals surface area contributed by atoms with Gasteiger partial charge in [0.05, 0.1) is 10.7 Å². The van der Waals surface area contributed by atoms with E-state index in [2.05, 4.69) is 5.32 Å². The highest BCUT2D eigenvalue weighted by molar-refractivity contribution is 7.89. The molecule has 0 atom stereocenters. The minimum Gasteiger partial charge on any atom is -0.482 e. The van der Waals surface area contributed by atoms with Crippen LogP contribution >= 0.6 is 11.6 Å². The van der Waals surface area contributed by atoms with Gasteiger partial charge in [-0.05, 0) is 30.3 Å². The molecule has 0 bridgehead atoms. The third kappa shape index (κ3) is 3.85. The summed E-state index contributed by atoms with van der Waals surface area (Å²) in [5.41, 5.74) is 0.648. The van der Waals surface area contributed by atoms with Crippen LogP contribution in [0.15, 0.2) is 41.3 Å². The molecule has 30 heavy (non-hydrogen) atoms. The summed E-state index contributed by atoms with van der Waals surface area (Å²) < 4.78 is 45.8. The van der Waals surface area contributed by atoms with Gasteiger partial charge in [0.2, 0.25) is 10.0 Å². The van der Waals surface area contributed by atoms with Crippen molar-refractivity contribution in [2.24, 2.45) is 0 Å². The summed E-state index contributed by atoms with van der Waals surface area (Å²) in [6.07, 6.45) is 0. The zero-order chi connectivity index (χ0) is 21.5. The van der Waals surface area contributed by atoms with E-state index >= 15 is 0 Å². The number of piperazine rings is 1. The Balaban J connectivity index is 1.50. The maximum Gasteiger partial charge on any atom is 0.262 e. The average molecular weight is 454 g/mol. The van der Waals surface area contributed by atoms with Crippen LogP contribution in [0.2, 0.25) is 5.02 Å². The summed E-state index contributed by atoms with van der Waals surface area (Å²) in [6, 6.07) is 7.84. The molecule has 158 valence electrons. The molecule has 1 N–H and O–H groups in total. The van der Waals surface area contributed by atoms with E-state index in [0.717, 1.165) is 0 Å². The number of rotatable bonds is 3. The van der Waals surface area contributed by atoms with Gasteiger partial charge in [-0.1, -0.05) is 11.6 Å². The van der Waals surface area contributed by atoms with Gasteiger partial charge in [0.15, 0.2) is 6.61 Å². The summed E-state index contributed by atoms with van der Waals surface area (Å²) >= 11 is 6.18. The van der Waals surface area contributed by atoms with E-state index in [0.29, 0.717) is 11.3 Å². The van der Waals surface area contributed by atoms with Crippen molar-refractivity contribution in [1.82, 2.24) is 9.21 Å². The van der Waals surface area contributed by atoms with Crippen molar-refractivity contribution in [3.05, 3.63) is 52.8 Å². The molecule has 2 aromatic carbocycles. The van der Waals surface area contributed by atoms with Crippen molar-refractivity contribution < 1.29 is 27.1 Å². The third-order valence-electron chi connectivity index (χ3n) is 4.90. The van der Waals surface area contributed by atoms with Crippen molar-refractivity contribution in [2.45, 2.75) is 4.90 Å². The number of hydrogen-bond donors (Lipinski definition) is 1. The Kier molecular flexibility index (Phi) is 5.39. The van der Waals surface area contributed by atoms with Gasteiger partial charge >= 0.3 is 0 Å². The summed E-state index contributed by atoms with van der Waals surface area (Å²) in [4.78, 5) is 25.3. The highest BCUT2D eigenvalue weighted by atomic mass is 35.5. The monoisotopic (exact) mass is 453 g/mol. The number of benzene rings is 2. The highest BCUT2D eigenvalue weighted by Gasteiger charge is 2.33. The molecule has 1 fully saturated rings. The second-order valence-electron chi connectivity index (χ2n) is 6.82. The van der Waals surface area contributed by atoms with Crippen LogP contribution in [0.5, 0.6) is 5.75 Å². The second kappa shape index (κ2) is 7.86. The number of ether oxygens (including phenoxy) is 1. The Labute approximate surface area is 177 Å². The first kappa shape index (κ1) is 20.6. The third-order valence-corrected chi connectivity index (χ3v) is 7.27. The highest BCUT2D eigenvalue weighted by Crippen LogP contribution is 2.37. The van der Waals surface area contributed by atoms with Crippen LogP contribution in [0.25, 0.3) is 0 Å². The summed E-state index contributed by atoms with van der Waals surface area (Å²) in [5, 5.41) is 2.53. The lowest BCUT2D eigenvalue weighted by Crippen LogP contribution is -2.50. The van der Waals surface area contributed by atoms with E-state index < -0.39 is 15.8 Å². The number of hydrogen-bond acceptors (Lipinski definition) is 5. The molecule has 2 aliphatic heterocycles. The zero-order valence-corrected chi connectivity index (χ0v) is 17.2. The van der Waals surface area contributed by atoms with Crippen molar-refractivity contribution in [3.8, 4) is 5.75 Å². The Morgan fingerprint density at radius 1 is 1.10 bits per heavy atom. The number of halogens is 2. The number of carbonyl (C=O) groups is 2. The van der Waals surface area contributed by atoms with Gasteiger partial charge in [0, 0.05) is 37.8 Å². The average Bonchev–Trinajstić information content (AvgIpc) is 2.73. The van der Waals surface area contributed by atoms with Crippen LogP contribution in [-0.4, -0.2) is 62.2 Å². The fourth-order valence-corrected chi connectivity index (χ4v) is 5.26. The topological polar surface area (TPSA) is 96.0 Å². The lowest BCUT2D eigenvalue weighted by Gasteiger charge is -2.34. The summed E-state index contributed by atoms with van der Waals surface area (Å²) in [6.45, 7) is 0.327. The predicted molar refractivity (Wildman–Crippen MR) is 107 cm³/mol. The maximum absolute atomic E-state index is 13.1. The molecule has 2 heterocycles. The largest absolute Gasteiger partial charge is 0.482 e. The van der Waals surface area contributed by atoms with Gasteiger partial charge < -0.3 is 15.0 Å². The van der Waals surface area contributed by atoms with Crippen LogP contribution in [0.1, 0.15) is 10.4 Å². The van der Waals surface area contributed by atoms with Gasteiger partial charge in [-0.15, -0.1) is 0 Å². The van der Waals surface area contributed by atoms with E-state index in [1.165, 1.54) is 45.6 Å². The first-order chi connectivity index (χ1) is 14.3. The van der Waals surface area contributed by atoms with Gasteiger partial charge in [0.1, 0.15) is 16.5 Å². The number of carbonyl (C=O) groups excluding carboxylic acids is 2. The van der Waals surface area contributed by atoms with Crippen LogP contribution in [0.4, 0.5) is 10.1 Å².